The summed E-state index contributed by atoms with van der Waals surface area (Å²) in [5.41, 5.74) is 0.960. The number of nitrogens with one attached hydrogen (secondary N) is 2. The second-order valence-corrected chi connectivity index (χ2v) is 5.67. The van der Waals surface area contributed by atoms with E-state index in [1.807, 2.05) is 26.0 Å². The average molecular weight is 275 g/mol. The molecule has 1 heterocycles. The van der Waals surface area contributed by atoms with E-state index in [1.165, 1.54) is 0 Å². The number of pyridine rings is 1. The van der Waals surface area contributed by atoms with E-state index >= 15 is 0 Å². The molecule has 0 spiro atoms. The molecule has 0 bridgehead atoms. The summed E-state index contributed by atoms with van der Waals surface area (Å²) in [6.07, 6.45) is 4.07. The zero-order valence-electron chi connectivity index (χ0n) is 11.9. The molecule has 0 aliphatic heterocycles. The van der Waals surface area contributed by atoms with E-state index in [1.54, 1.807) is 12.4 Å². The van der Waals surface area contributed by atoms with Gasteiger partial charge in [0.25, 0.3) is 0 Å². The molecule has 108 valence electrons. The van der Waals surface area contributed by atoms with Crippen LogP contribution >= 0.6 is 0 Å². The van der Waals surface area contributed by atoms with Gasteiger partial charge in [0, 0.05) is 25.5 Å². The first-order valence-electron chi connectivity index (χ1n) is 7.02. The molecule has 0 saturated heterocycles. The molecule has 1 aliphatic carbocycles. The molecule has 2 atom stereocenters. The van der Waals surface area contributed by atoms with Gasteiger partial charge in [-0.15, -0.1) is 0 Å². The van der Waals surface area contributed by atoms with E-state index in [0.29, 0.717) is 25.4 Å². The molecule has 0 radical (unpaired) electrons. The van der Waals surface area contributed by atoms with Crippen molar-refractivity contribution >= 4 is 11.8 Å². The Kier molecular flexibility index (Phi) is 4.71. The van der Waals surface area contributed by atoms with Gasteiger partial charge in [-0.25, -0.2) is 0 Å². The van der Waals surface area contributed by atoms with E-state index in [4.69, 9.17) is 0 Å². The van der Waals surface area contributed by atoms with Gasteiger partial charge in [-0.2, -0.15) is 0 Å². The minimum Gasteiger partial charge on any atom is -0.356 e. The van der Waals surface area contributed by atoms with Crippen LogP contribution < -0.4 is 10.6 Å². The summed E-state index contributed by atoms with van der Waals surface area (Å²) in [6.45, 7) is 5.22. The first-order valence-corrected chi connectivity index (χ1v) is 7.02. The molecule has 2 N–H and O–H groups in total. The Hall–Kier alpha value is -1.91. The molecule has 2 unspecified atom stereocenters. The molecule has 1 aromatic heterocycles. The van der Waals surface area contributed by atoms with Crippen molar-refractivity contribution < 1.29 is 9.59 Å². The number of nitrogens with zero attached hydrogens (tertiary/aromatic N) is 1. The number of carbonyl (C=O) groups excluding carboxylic acids is 2. The lowest BCUT2D eigenvalue weighted by molar-refractivity contribution is -0.127. The van der Waals surface area contributed by atoms with Crippen LogP contribution in [0.15, 0.2) is 24.5 Å². The lowest BCUT2D eigenvalue weighted by Gasteiger charge is -2.07. The van der Waals surface area contributed by atoms with Crippen LogP contribution in [0.4, 0.5) is 0 Å². The van der Waals surface area contributed by atoms with Gasteiger partial charge < -0.3 is 10.6 Å². The summed E-state index contributed by atoms with van der Waals surface area (Å²) < 4.78 is 0. The highest BCUT2D eigenvalue weighted by atomic mass is 16.2. The molecular formula is C15H21N3O2. The molecule has 0 aromatic carbocycles. The summed E-state index contributed by atoms with van der Waals surface area (Å²) in [6, 6.07) is 3.74. The monoisotopic (exact) mass is 275 g/mol. The van der Waals surface area contributed by atoms with E-state index in [0.717, 1.165) is 5.56 Å². The van der Waals surface area contributed by atoms with Crippen LogP contribution in [0.25, 0.3) is 0 Å². The fourth-order valence-corrected chi connectivity index (χ4v) is 2.03. The third kappa shape index (κ3) is 4.05. The molecule has 5 heteroatoms. The van der Waals surface area contributed by atoms with E-state index in [2.05, 4.69) is 15.6 Å². The minimum absolute atomic E-state index is 0.000211. The van der Waals surface area contributed by atoms with Crippen molar-refractivity contribution in [1.29, 1.82) is 0 Å². The number of hydrogen-bond donors (Lipinski definition) is 2. The topological polar surface area (TPSA) is 71.1 Å². The normalized spacial score (nSPS) is 20.6. The van der Waals surface area contributed by atoms with Crippen LogP contribution in [0.3, 0.4) is 0 Å². The van der Waals surface area contributed by atoms with Crippen LogP contribution in [0.2, 0.25) is 0 Å². The standard InChI is InChI=1S/C15H21N3O2/c1-10(2)7-17-14(19)12-6-13(12)15(20)18-9-11-4-3-5-16-8-11/h3-5,8,10,12-13H,6-7,9H2,1-2H3,(H,17,19)(H,18,20). The summed E-state index contributed by atoms with van der Waals surface area (Å²) >= 11 is 0. The Balaban J connectivity index is 1.72. The summed E-state index contributed by atoms with van der Waals surface area (Å²) in [4.78, 5) is 27.7. The summed E-state index contributed by atoms with van der Waals surface area (Å²) in [5, 5.41) is 5.73. The van der Waals surface area contributed by atoms with E-state index < -0.39 is 0 Å². The maximum atomic E-state index is 11.9. The Morgan fingerprint density at radius 1 is 1.30 bits per heavy atom. The van der Waals surface area contributed by atoms with Gasteiger partial charge in [-0.1, -0.05) is 19.9 Å². The maximum Gasteiger partial charge on any atom is 0.224 e. The van der Waals surface area contributed by atoms with Crippen molar-refractivity contribution in [1.82, 2.24) is 15.6 Å². The lowest BCUT2D eigenvalue weighted by atomic mass is 10.2. The molecule has 20 heavy (non-hydrogen) atoms. The molecule has 1 aromatic rings. The highest BCUT2D eigenvalue weighted by Gasteiger charge is 2.47. The van der Waals surface area contributed by atoms with Crippen molar-refractivity contribution in [3.8, 4) is 0 Å². The van der Waals surface area contributed by atoms with Crippen LogP contribution in [0.1, 0.15) is 25.8 Å². The quantitative estimate of drug-likeness (QED) is 0.817. The number of hydrogen-bond acceptors (Lipinski definition) is 3. The average Bonchev–Trinajstić information content (AvgIpc) is 3.24. The van der Waals surface area contributed by atoms with Crippen LogP contribution in [-0.4, -0.2) is 23.3 Å². The molecule has 1 fully saturated rings. The molecule has 1 saturated carbocycles. The lowest BCUT2D eigenvalue weighted by Crippen LogP contribution is -2.31. The Bertz CT molecular complexity index is 473. The van der Waals surface area contributed by atoms with E-state index in [9.17, 15) is 9.59 Å². The molecule has 1 aliphatic rings. The number of carbonyl (C=O) groups is 2. The first-order chi connectivity index (χ1) is 9.58. The van der Waals surface area contributed by atoms with Crippen molar-refractivity contribution in [2.24, 2.45) is 17.8 Å². The first kappa shape index (κ1) is 14.5. The van der Waals surface area contributed by atoms with Crippen LogP contribution in [-0.2, 0) is 16.1 Å². The largest absolute Gasteiger partial charge is 0.356 e. The Labute approximate surface area is 119 Å². The van der Waals surface area contributed by atoms with Gasteiger partial charge in [0.05, 0.1) is 11.8 Å². The zero-order chi connectivity index (χ0) is 14.5. The second kappa shape index (κ2) is 6.50. The van der Waals surface area contributed by atoms with Crippen LogP contribution in [0.5, 0.6) is 0 Å². The molecule has 5 nitrogen and oxygen atoms in total. The maximum absolute atomic E-state index is 11.9. The smallest absolute Gasteiger partial charge is 0.224 e. The van der Waals surface area contributed by atoms with Crippen molar-refractivity contribution in [3.05, 3.63) is 30.1 Å². The molecular weight excluding hydrogens is 254 g/mol. The third-order valence-electron chi connectivity index (χ3n) is 3.34. The summed E-state index contributed by atoms with van der Waals surface area (Å²) in [5.74, 6) is 0.0656. The van der Waals surface area contributed by atoms with Crippen molar-refractivity contribution in [2.45, 2.75) is 26.8 Å². The van der Waals surface area contributed by atoms with Crippen LogP contribution in [0, 0.1) is 17.8 Å². The molecule has 2 rings (SSSR count). The van der Waals surface area contributed by atoms with Crippen molar-refractivity contribution in [3.63, 3.8) is 0 Å². The highest BCUT2D eigenvalue weighted by Crippen LogP contribution is 2.38. The van der Waals surface area contributed by atoms with Crippen molar-refractivity contribution in [2.75, 3.05) is 6.54 Å². The fraction of sp³-hybridized carbons (Fsp3) is 0.533. The van der Waals surface area contributed by atoms with Gasteiger partial charge in [0.1, 0.15) is 0 Å². The van der Waals surface area contributed by atoms with Gasteiger partial charge in [0.15, 0.2) is 0 Å². The number of aromatic nitrogens is 1. The fourth-order valence-electron chi connectivity index (χ4n) is 2.03. The minimum atomic E-state index is -0.168. The Morgan fingerprint density at radius 2 is 2.00 bits per heavy atom. The van der Waals surface area contributed by atoms with Gasteiger partial charge >= 0.3 is 0 Å². The predicted molar refractivity (Wildman–Crippen MR) is 75.5 cm³/mol. The highest BCUT2D eigenvalue weighted by molar-refractivity contribution is 5.92. The van der Waals surface area contributed by atoms with E-state index in [-0.39, 0.29) is 23.7 Å². The Morgan fingerprint density at radius 3 is 2.60 bits per heavy atom. The van der Waals surface area contributed by atoms with Gasteiger partial charge in [-0.05, 0) is 24.0 Å². The zero-order valence-corrected chi connectivity index (χ0v) is 11.9. The second-order valence-electron chi connectivity index (χ2n) is 5.67. The number of amides is 2. The van der Waals surface area contributed by atoms with Gasteiger partial charge in [0.2, 0.25) is 11.8 Å². The third-order valence-corrected chi connectivity index (χ3v) is 3.34. The molecule has 2 amide bonds. The van der Waals surface area contributed by atoms with Gasteiger partial charge in [-0.3, -0.25) is 14.6 Å². The number of rotatable bonds is 6. The predicted octanol–water partition coefficient (Wildman–Crippen LogP) is 1.11. The summed E-state index contributed by atoms with van der Waals surface area (Å²) in [7, 11) is 0. The SMILES string of the molecule is CC(C)CNC(=O)C1CC1C(=O)NCc1cccnc1.